The van der Waals surface area contributed by atoms with Crippen molar-refractivity contribution in [3.63, 3.8) is 0 Å². The van der Waals surface area contributed by atoms with Crippen molar-refractivity contribution in [2.45, 2.75) is 37.5 Å². The molecule has 176 valence electrons. The maximum absolute atomic E-state index is 11.9. The molecular formula is C25H34O6S. The molecule has 0 amide bonds. The lowest BCUT2D eigenvalue weighted by atomic mass is 10.1. The zero-order valence-electron chi connectivity index (χ0n) is 18.7. The molecule has 0 saturated carbocycles. The van der Waals surface area contributed by atoms with Gasteiger partial charge in [0, 0.05) is 0 Å². The third-order valence-electron chi connectivity index (χ3n) is 4.76. The van der Waals surface area contributed by atoms with E-state index in [4.69, 9.17) is 18.8 Å². The first-order valence-corrected chi connectivity index (χ1v) is 12.3. The van der Waals surface area contributed by atoms with Crippen LogP contribution in [0.3, 0.4) is 0 Å². The first-order valence-electron chi connectivity index (χ1n) is 10.9. The molecule has 7 heteroatoms. The zero-order chi connectivity index (χ0) is 23.1. The molecule has 0 radical (unpaired) electrons. The number of benzene rings is 1. The van der Waals surface area contributed by atoms with Gasteiger partial charge in [0.2, 0.25) is 0 Å². The normalized spacial score (nSPS) is 15.6. The molecule has 1 aromatic rings. The topological polar surface area (TPSA) is 82.1 Å². The van der Waals surface area contributed by atoms with Crippen LogP contribution in [0.1, 0.15) is 31.2 Å². The summed E-state index contributed by atoms with van der Waals surface area (Å²) in [6, 6.07) is 6.58. The van der Waals surface area contributed by atoms with Crippen LogP contribution in [-0.2, 0) is 23.8 Å². The van der Waals surface area contributed by atoms with Crippen molar-refractivity contribution < 1.29 is 27.2 Å². The van der Waals surface area contributed by atoms with Crippen molar-refractivity contribution in [2.75, 3.05) is 39.6 Å². The second-order valence-corrected chi connectivity index (χ2v) is 9.08. The number of aryl methyl sites for hydroxylation is 1. The maximum Gasteiger partial charge on any atom is 0.297 e. The first kappa shape index (κ1) is 26.2. The molecule has 0 fully saturated rings. The largest absolute Gasteiger partial charge is 0.394 e. The Morgan fingerprint density at radius 1 is 0.812 bits per heavy atom. The van der Waals surface area contributed by atoms with Gasteiger partial charge < -0.3 is 14.6 Å². The third-order valence-corrected chi connectivity index (χ3v) is 6.09. The Morgan fingerprint density at radius 3 is 1.88 bits per heavy atom. The monoisotopic (exact) mass is 462 g/mol. The Morgan fingerprint density at radius 2 is 1.38 bits per heavy atom. The summed E-state index contributed by atoms with van der Waals surface area (Å²) < 4.78 is 39.4. The molecule has 0 spiro atoms. The molecule has 3 rings (SSSR count). The molecule has 6 nitrogen and oxygen atoms in total. The first-order chi connectivity index (χ1) is 15.5. The van der Waals surface area contributed by atoms with Crippen molar-refractivity contribution in [3.8, 4) is 0 Å². The molecule has 1 N–H and O–H groups in total. The second-order valence-electron chi connectivity index (χ2n) is 7.47. The summed E-state index contributed by atoms with van der Waals surface area (Å²) in [5.74, 6) is 0. The van der Waals surface area contributed by atoms with Crippen LogP contribution >= 0.6 is 0 Å². The van der Waals surface area contributed by atoms with Gasteiger partial charge >= 0.3 is 0 Å². The van der Waals surface area contributed by atoms with Crippen LogP contribution in [0.2, 0.25) is 0 Å². The average Bonchev–Trinajstić information content (AvgIpc) is 2.81. The predicted molar refractivity (Wildman–Crippen MR) is 126 cm³/mol. The molecule has 0 heterocycles. The van der Waals surface area contributed by atoms with E-state index < -0.39 is 10.1 Å². The highest BCUT2D eigenvalue weighted by Gasteiger charge is 2.14. The summed E-state index contributed by atoms with van der Waals surface area (Å²) in [6.07, 6.45) is 16.7. The highest BCUT2D eigenvalue weighted by molar-refractivity contribution is 7.86. The van der Waals surface area contributed by atoms with Crippen LogP contribution in [0.15, 0.2) is 76.8 Å². The maximum atomic E-state index is 11.9. The highest BCUT2D eigenvalue weighted by atomic mass is 32.2. The summed E-state index contributed by atoms with van der Waals surface area (Å²) in [7, 11) is -3.69. The lowest BCUT2D eigenvalue weighted by molar-refractivity contribution is 0.107. The van der Waals surface area contributed by atoms with Gasteiger partial charge in [-0.25, -0.2) is 0 Å². The van der Waals surface area contributed by atoms with Crippen LogP contribution in [-0.4, -0.2) is 53.2 Å². The molecule has 1 aromatic carbocycles. The second kappa shape index (κ2) is 14.9. The van der Waals surface area contributed by atoms with Gasteiger partial charge in [-0.15, -0.1) is 0 Å². The van der Waals surface area contributed by atoms with Crippen molar-refractivity contribution in [2.24, 2.45) is 0 Å². The third kappa shape index (κ3) is 10.5. The van der Waals surface area contributed by atoms with Gasteiger partial charge in [0.15, 0.2) is 0 Å². The van der Waals surface area contributed by atoms with E-state index in [0.717, 1.165) is 31.2 Å². The number of ether oxygens (including phenoxy) is 2. The smallest absolute Gasteiger partial charge is 0.297 e. The fourth-order valence-corrected chi connectivity index (χ4v) is 3.87. The molecule has 2 aliphatic rings. The van der Waals surface area contributed by atoms with E-state index in [-0.39, 0.29) is 24.7 Å². The van der Waals surface area contributed by atoms with Crippen LogP contribution in [0.25, 0.3) is 0 Å². The number of allylic oxidation sites excluding steroid dienone is 6. The van der Waals surface area contributed by atoms with Gasteiger partial charge in [0.1, 0.15) is 0 Å². The van der Waals surface area contributed by atoms with E-state index in [1.165, 1.54) is 11.1 Å². The fraction of sp³-hybridized carbons (Fsp3) is 0.440. The Hall–Kier alpha value is -2.03. The van der Waals surface area contributed by atoms with Gasteiger partial charge in [-0.05, 0) is 55.9 Å². The molecule has 32 heavy (non-hydrogen) atoms. The van der Waals surface area contributed by atoms with E-state index in [1.807, 2.05) is 6.92 Å². The Bertz CT molecular complexity index is 895. The standard InChI is InChI=1S/C16H20O4S.C9H14O2/c1-14-7-9-16(10-8-14)21(17,18)20-12-11-19-13-15-5-3-2-4-6-15;10-6-7-11-8-9-4-2-1-3-5-9/h2-3,6-10H,4-5,11-13H2,1H3;1-2,5,10H,3-4,6-8H2. The van der Waals surface area contributed by atoms with Crippen LogP contribution in [0.4, 0.5) is 0 Å². The van der Waals surface area contributed by atoms with Gasteiger partial charge in [0.25, 0.3) is 10.1 Å². The number of hydrogen-bond acceptors (Lipinski definition) is 6. The Kier molecular flexibility index (Phi) is 12.2. The SMILES string of the molecule is Cc1ccc(S(=O)(=O)OCCOCC2=CCC=CC2)cc1.OCCOCC1=CCC=CC1. The lowest BCUT2D eigenvalue weighted by Crippen LogP contribution is -2.12. The molecule has 0 atom stereocenters. The van der Waals surface area contributed by atoms with E-state index in [9.17, 15) is 8.42 Å². The molecule has 2 aliphatic carbocycles. The molecular weight excluding hydrogens is 428 g/mol. The van der Waals surface area contributed by atoms with E-state index in [1.54, 1.807) is 24.3 Å². The number of hydrogen-bond donors (Lipinski definition) is 1. The van der Waals surface area contributed by atoms with E-state index in [0.29, 0.717) is 19.8 Å². The van der Waals surface area contributed by atoms with Crippen LogP contribution < -0.4 is 0 Å². The molecule has 0 bridgehead atoms. The molecule has 0 unspecified atom stereocenters. The Labute approximate surface area is 192 Å². The van der Waals surface area contributed by atoms with Crippen molar-refractivity contribution in [3.05, 3.63) is 77.4 Å². The molecule has 0 aromatic heterocycles. The van der Waals surface area contributed by atoms with Gasteiger partial charge in [-0.1, -0.05) is 54.2 Å². The molecule has 0 aliphatic heterocycles. The minimum atomic E-state index is -3.69. The number of aliphatic hydroxyl groups is 1. The molecule has 0 saturated heterocycles. The Balaban J connectivity index is 0.000000278. The lowest BCUT2D eigenvalue weighted by Gasteiger charge is -2.10. The van der Waals surface area contributed by atoms with Gasteiger partial charge in [0.05, 0.1) is 44.5 Å². The average molecular weight is 463 g/mol. The van der Waals surface area contributed by atoms with E-state index >= 15 is 0 Å². The van der Waals surface area contributed by atoms with Crippen molar-refractivity contribution in [1.29, 1.82) is 0 Å². The van der Waals surface area contributed by atoms with Crippen LogP contribution in [0, 0.1) is 6.92 Å². The minimum absolute atomic E-state index is 0.0271. The van der Waals surface area contributed by atoms with Crippen molar-refractivity contribution >= 4 is 10.1 Å². The summed E-state index contributed by atoms with van der Waals surface area (Å²) in [4.78, 5) is 0.174. The van der Waals surface area contributed by atoms with Crippen LogP contribution in [0.5, 0.6) is 0 Å². The summed E-state index contributed by atoms with van der Waals surface area (Å²) >= 11 is 0. The van der Waals surface area contributed by atoms with Gasteiger partial charge in [-0.3, -0.25) is 4.18 Å². The minimum Gasteiger partial charge on any atom is -0.394 e. The summed E-state index contributed by atoms with van der Waals surface area (Å²) in [5, 5.41) is 8.44. The number of aliphatic hydroxyl groups excluding tert-OH is 1. The summed E-state index contributed by atoms with van der Waals surface area (Å²) in [5.41, 5.74) is 3.55. The fourth-order valence-electron chi connectivity index (χ4n) is 2.98. The number of rotatable bonds is 11. The predicted octanol–water partition coefficient (Wildman–Crippen LogP) is 4.27. The highest BCUT2D eigenvalue weighted by Crippen LogP contribution is 2.14. The van der Waals surface area contributed by atoms with Gasteiger partial charge in [-0.2, -0.15) is 8.42 Å². The summed E-state index contributed by atoms with van der Waals surface area (Å²) in [6.45, 7) is 3.94. The quantitative estimate of drug-likeness (QED) is 0.301. The van der Waals surface area contributed by atoms with E-state index in [2.05, 4.69) is 36.5 Å². The van der Waals surface area contributed by atoms with Crippen molar-refractivity contribution in [1.82, 2.24) is 0 Å². The zero-order valence-corrected chi connectivity index (χ0v) is 19.6.